The topological polar surface area (TPSA) is 6.48 Å². The van der Waals surface area contributed by atoms with Crippen molar-refractivity contribution in [3.8, 4) is 0 Å². The van der Waals surface area contributed by atoms with Gasteiger partial charge in [-0.1, -0.05) is 20.8 Å². The summed E-state index contributed by atoms with van der Waals surface area (Å²) in [6.07, 6.45) is 2.61. The molecule has 84 valence electrons. The summed E-state index contributed by atoms with van der Waals surface area (Å²) in [5.41, 5.74) is 0.462. The van der Waals surface area contributed by atoms with E-state index in [1.54, 1.807) is 0 Å². The van der Waals surface area contributed by atoms with E-state index in [4.69, 9.17) is 0 Å². The van der Waals surface area contributed by atoms with Crippen LogP contribution in [0.1, 0.15) is 33.6 Å². The van der Waals surface area contributed by atoms with Crippen molar-refractivity contribution < 1.29 is 0 Å². The van der Waals surface area contributed by atoms with E-state index in [9.17, 15) is 0 Å². The summed E-state index contributed by atoms with van der Waals surface area (Å²) in [5, 5.41) is 0. The molecule has 0 aromatic carbocycles. The Kier molecular flexibility index (Phi) is 3.96. The van der Waals surface area contributed by atoms with E-state index in [0.717, 1.165) is 6.04 Å². The van der Waals surface area contributed by atoms with Gasteiger partial charge in [-0.15, -0.1) is 0 Å². The maximum absolute atomic E-state index is 2.53. The van der Waals surface area contributed by atoms with Gasteiger partial charge in [-0.2, -0.15) is 0 Å². The van der Waals surface area contributed by atoms with Gasteiger partial charge in [-0.25, -0.2) is 0 Å². The van der Waals surface area contributed by atoms with E-state index in [0.29, 0.717) is 5.41 Å². The number of hydrogen-bond donors (Lipinski definition) is 0. The van der Waals surface area contributed by atoms with Crippen molar-refractivity contribution in [1.82, 2.24) is 9.80 Å². The number of likely N-dealkylation sites (N-methyl/N-ethyl adjacent to an activating group) is 2. The average molecular weight is 198 g/mol. The lowest BCUT2D eigenvalue weighted by Gasteiger charge is -2.40. The lowest BCUT2D eigenvalue weighted by Crippen LogP contribution is -2.46. The Balaban J connectivity index is 2.66. The molecule has 0 amide bonds. The predicted molar refractivity (Wildman–Crippen MR) is 62.6 cm³/mol. The molecule has 0 spiro atoms. The highest BCUT2D eigenvalue weighted by molar-refractivity contribution is 4.83. The van der Waals surface area contributed by atoms with Crippen molar-refractivity contribution in [3.63, 3.8) is 0 Å². The van der Waals surface area contributed by atoms with Crippen LogP contribution in [0, 0.1) is 5.41 Å². The molecular formula is C12H26N2. The number of hydrogen-bond acceptors (Lipinski definition) is 2. The Morgan fingerprint density at radius 1 is 1.21 bits per heavy atom. The van der Waals surface area contributed by atoms with Crippen molar-refractivity contribution in [2.75, 3.05) is 33.7 Å². The summed E-state index contributed by atoms with van der Waals surface area (Å²) in [7, 11) is 4.51. The van der Waals surface area contributed by atoms with Gasteiger partial charge in [0.05, 0.1) is 0 Å². The third kappa shape index (κ3) is 3.25. The minimum atomic E-state index is 0.462. The first-order valence-electron chi connectivity index (χ1n) is 5.83. The Morgan fingerprint density at radius 3 is 2.43 bits per heavy atom. The molecule has 1 aliphatic rings. The van der Waals surface area contributed by atoms with Crippen molar-refractivity contribution in [1.29, 1.82) is 0 Å². The molecule has 0 aromatic heterocycles. The van der Waals surface area contributed by atoms with E-state index in [2.05, 4.69) is 44.7 Å². The molecule has 0 saturated carbocycles. The second-order valence-corrected chi connectivity index (χ2v) is 5.65. The fourth-order valence-corrected chi connectivity index (χ4v) is 2.64. The van der Waals surface area contributed by atoms with Gasteiger partial charge in [0, 0.05) is 25.7 Å². The minimum Gasteiger partial charge on any atom is -0.305 e. The first-order valence-corrected chi connectivity index (χ1v) is 5.83. The first kappa shape index (κ1) is 12.0. The van der Waals surface area contributed by atoms with Crippen molar-refractivity contribution in [3.05, 3.63) is 0 Å². The quantitative estimate of drug-likeness (QED) is 0.636. The van der Waals surface area contributed by atoms with Crippen LogP contribution in [0.3, 0.4) is 0 Å². The molecule has 0 radical (unpaired) electrons. The fraction of sp³-hybridized carbons (Fsp3) is 1.00. The largest absolute Gasteiger partial charge is 0.305 e. The molecule has 1 aliphatic heterocycles. The highest BCUT2D eigenvalue weighted by Crippen LogP contribution is 2.28. The summed E-state index contributed by atoms with van der Waals surface area (Å²) >= 11 is 0. The van der Waals surface area contributed by atoms with Gasteiger partial charge in [0.2, 0.25) is 0 Å². The van der Waals surface area contributed by atoms with Gasteiger partial charge < -0.3 is 9.80 Å². The lowest BCUT2D eigenvalue weighted by atomic mass is 9.83. The fourth-order valence-electron chi connectivity index (χ4n) is 2.64. The molecule has 0 bridgehead atoms. The molecule has 0 aliphatic carbocycles. The molecule has 1 fully saturated rings. The maximum Gasteiger partial charge on any atom is 0.0109 e. The van der Waals surface area contributed by atoms with E-state index in [-0.39, 0.29) is 0 Å². The van der Waals surface area contributed by atoms with E-state index < -0.39 is 0 Å². The Bertz CT molecular complexity index is 177. The molecule has 1 unspecified atom stereocenters. The number of rotatable bonds is 1. The van der Waals surface area contributed by atoms with Crippen molar-refractivity contribution in [2.45, 2.75) is 39.7 Å². The van der Waals surface area contributed by atoms with Crippen LogP contribution in [-0.2, 0) is 0 Å². The maximum atomic E-state index is 2.53. The van der Waals surface area contributed by atoms with Gasteiger partial charge in [-0.05, 0) is 32.4 Å². The van der Waals surface area contributed by atoms with Crippen LogP contribution in [0.15, 0.2) is 0 Å². The van der Waals surface area contributed by atoms with Crippen LogP contribution in [0.2, 0.25) is 0 Å². The Hall–Kier alpha value is -0.0800. The van der Waals surface area contributed by atoms with Gasteiger partial charge >= 0.3 is 0 Å². The lowest BCUT2D eigenvalue weighted by molar-refractivity contribution is 0.0880. The summed E-state index contributed by atoms with van der Waals surface area (Å²) in [4.78, 5) is 4.99. The van der Waals surface area contributed by atoms with Crippen LogP contribution in [0.25, 0.3) is 0 Å². The van der Waals surface area contributed by atoms with Gasteiger partial charge in [-0.3, -0.25) is 0 Å². The van der Waals surface area contributed by atoms with Crippen LogP contribution >= 0.6 is 0 Å². The summed E-state index contributed by atoms with van der Waals surface area (Å²) in [6, 6.07) is 0.777. The highest BCUT2D eigenvalue weighted by atomic mass is 15.2. The first-order chi connectivity index (χ1) is 6.44. The summed E-state index contributed by atoms with van der Waals surface area (Å²) < 4.78 is 0. The van der Waals surface area contributed by atoms with E-state index in [1.165, 1.54) is 32.5 Å². The molecule has 2 heteroatoms. The Labute approximate surface area is 89.3 Å². The normalized spacial score (nSPS) is 31.1. The van der Waals surface area contributed by atoms with Crippen molar-refractivity contribution >= 4 is 0 Å². The van der Waals surface area contributed by atoms with E-state index >= 15 is 0 Å². The third-order valence-electron chi connectivity index (χ3n) is 3.42. The molecule has 1 saturated heterocycles. The Morgan fingerprint density at radius 2 is 1.86 bits per heavy atom. The SMILES string of the molecule is CCC1CC(C)(C)CN(C)CCN1C. The molecular weight excluding hydrogens is 172 g/mol. The number of nitrogens with zero attached hydrogens (tertiary/aromatic N) is 2. The van der Waals surface area contributed by atoms with Crippen LogP contribution in [0.5, 0.6) is 0 Å². The van der Waals surface area contributed by atoms with Gasteiger partial charge in [0.15, 0.2) is 0 Å². The standard InChI is InChI=1S/C12H26N2/c1-6-11-9-12(2,3)10-13(4)7-8-14(11)5/h11H,6-10H2,1-5H3. The van der Waals surface area contributed by atoms with Gasteiger partial charge in [0.1, 0.15) is 0 Å². The third-order valence-corrected chi connectivity index (χ3v) is 3.42. The minimum absolute atomic E-state index is 0.462. The zero-order valence-corrected chi connectivity index (χ0v) is 10.5. The summed E-state index contributed by atoms with van der Waals surface area (Å²) in [5.74, 6) is 0. The molecule has 1 heterocycles. The monoisotopic (exact) mass is 198 g/mol. The van der Waals surface area contributed by atoms with Crippen molar-refractivity contribution in [2.24, 2.45) is 5.41 Å². The molecule has 0 N–H and O–H groups in total. The molecule has 1 rings (SSSR count). The molecule has 2 nitrogen and oxygen atoms in total. The highest BCUT2D eigenvalue weighted by Gasteiger charge is 2.28. The average Bonchev–Trinajstić information content (AvgIpc) is 2.08. The predicted octanol–water partition coefficient (Wildman–Crippen LogP) is 2.06. The molecule has 0 aromatic rings. The van der Waals surface area contributed by atoms with Gasteiger partial charge in [0.25, 0.3) is 0 Å². The van der Waals surface area contributed by atoms with Crippen LogP contribution in [-0.4, -0.2) is 49.6 Å². The molecule has 14 heavy (non-hydrogen) atoms. The molecule has 1 atom stereocenters. The van der Waals surface area contributed by atoms with Crippen LogP contribution in [0.4, 0.5) is 0 Å². The van der Waals surface area contributed by atoms with Crippen LogP contribution < -0.4 is 0 Å². The summed E-state index contributed by atoms with van der Waals surface area (Å²) in [6.45, 7) is 10.7. The second kappa shape index (κ2) is 4.63. The zero-order valence-electron chi connectivity index (χ0n) is 10.5. The second-order valence-electron chi connectivity index (χ2n) is 5.65. The van der Waals surface area contributed by atoms with E-state index in [1.807, 2.05) is 0 Å². The zero-order chi connectivity index (χ0) is 10.8. The smallest absolute Gasteiger partial charge is 0.0109 e.